The van der Waals surface area contributed by atoms with Crippen molar-refractivity contribution < 1.29 is 19.5 Å². The average Bonchev–Trinajstić information content (AvgIpc) is 3.09. The van der Waals surface area contributed by atoms with Gasteiger partial charge in [0.2, 0.25) is 11.8 Å². The Bertz CT molecular complexity index is 928. The van der Waals surface area contributed by atoms with Gasteiger partial charge in [0, 0.05) is 19.6 Å². The Hall–Kier alpha value is -2.93. The predicted molar refractivity (Wildman–Crippen MR) is 98.6 cm³/mol. The normalized spacial score (nSPS) is 23.5. The van der Waals surface area contributed by atoms with Crippen molar-refractivity contribution in [2.45, 2.75) is 24.6 Å². The van der Waals surface area contributed by atoms with E-state index in [-0.39, 0.29) is 24.4 Å². The molecule has 2 aromatic carbocycles. The molecule has 27 heavy (non-hydrogen) atoms. The second kappa shape index (κ2) is 6.66. The first kappa shape index (κ1) is 17.5. The highest BCUT2D eigenvalue weighted by molar-refractivity contribution is 5.95. The number of likely N-dealkylation sites (N-methyl/N-ethyl adjacent to an activating group) is 1. The third-order valence-electron chi connectivity index (χ3n) is 5.34. The van der Waals surface area contributed by atoms with Crippen molar-refractivity contribution in [2.24, 2.45) is 0 Å². The van der Waals surface area contributed by atoms with Crippen LogP contribution in [0, 0.1) is 0 Å². The topological polar surface area (TPSA) is 90.0 Å². The number of benzene rings is 2. The van der Waals surface area contributed by atoms with E-state index in [4.69, 9.17) is 0 Å². The van der Waals surface area contributed by atoms with Crippen molar-refractivity contribution in [3.8, 4) is 0 Å². The lowest BCUT2D eigenvalue weighted by molar-refractivity contribution is -0.152. The van der Waals surface area contributed by atoms with Gasteiger partial charge >= 0.3 is 0 Å². The quantitative estimate of drug-likeness (QED) is 0.823. The highest BCUT2D eigenvalue weighted by Crippen LogP contribution is 2.25. The molecule has 0 bridgehead atoms. The Morgan fingerprint density at radius 3 is 2.70 bits per heavy atom. The first-order valence-electron chi connectivity index (χ1n) is 8.95. The van der Waals surface area contributed by atoms with Crippen LogP contribution in [0.5, 0.6) is 0 Å². The molecular formula is C20H21N3O4. The number of nitrogens with one attached hydrogen (secondary N) is 1. The number of amides is 3. The van der Waals surface area contributed by atoms with E-state index in [0.29, 0.717) is 18.5 Å². The molecule has 0 aromatic heterocycles. The van der Waals surface area contributed by atoms with Gasteiger partial charge in [0.05, 0.1) is 6.54 Å². The predicted octanol–water partition coefficient (Wildman–Crippen LogP) is 0.431. The van der Waals surface area contributed by atoms with Crippen molar-refractivity contribution in [2.75, 3.05) is 20.1 Å². The highest BCUT2D eigenvalue weighted by atomic mass is 16.3. The van der Waals surface area contributed by atoms with Crippen LogP contribution in [-0.4, -0.2) is 64.8 Å². The number of aliphatic hydroxyl groups is 1. The third-order valence-corrected chi connectivity index (χ3v) is 5.34. The summed E-state index contributed by atoms with van der Waals surface area (Å²) in [5.74, 6) is -0.751. The van der Waals surface area contributed by atoms with E-state index >= 15 is 0 Å². The van der Waals surface area contributed by atoms with Crippen LogP contribution in [0.25, 0.3) is 10.8 Å². The van der Waals surface area contributed by atoms with E-state index < -0.39 is 18.1 Å². The summed E-state index contributed by atoms with van der Waals surface area (Å²) < 4.78 is 0. The molecule has 2 N–H and O–H groups in total. The van der Waals surface area contributed by atoms with E-state index in [0.717, 1.165) is 10.8 Å². The number of aliphatic hydroxyl groups excluding tert-OH is 1. The van der Waals surface area contributed by atoms with Gasteiger partial charge in [-0.1, -0.05) is 36.4 Å². The molecule has 4 rings (SSSR count). The van der Waals surface area contributed by atoms with Crippen molar-refractivity contribution in [3.05, 3.63) is 48.0 Å². The van der Waals surface area contributed by atoms with E-state index in [2.05, 4.69) is 5.32 Å². The maximum atomic E-state index is 12.5. The Labute approximate surface area is 156 Å². The number of hydrogen-bond donors (Lipinski definition) is 2. The second-order valence-electron chi connectivity index (χ2n) is 7.21. The minimum absolute atomic E-state index is 0.0652. The molecule has 3 amide bonds. The molecule has 2 aromatic rings. The number of hydrogen-bond acceptors (Lipinski definition) is 4. The Morgan fingerprint density at radius 2 is 1.93 bits per heavy atom. The first-order chi connectivity index (χ1) is 12.9. The van der Waals surface area contributed by atoms with Crippen LogP contribution < -0.4 is 5.32 Å². The van der Waals surface area contributed by atoms with Crippen molar-refractivity contribution in [1.82, 2.24) is 15.1 Å². The molecule has 140 valence electrons. The molecule has 3 unspecified atom stereocenters. The molecule has 0 spiro atoms. The molecular weight excluding hydrogens is 346 g/mol. The van der Waals surface area contributed by atoms with Gasteiger partial charge in [0.15, 0.2) is 6.10 Å². The summed E-state index contributed by atoms with van der Waals surface area (Å²) >= 11 is 0. The molecule has 2 fully saturated rings. The summed E-state index contributed by atoms with van der Waals surface area (Å²) in [6.45, 7) is 0.356. The summed E-state index contributed by atoms with van der Waals surface area (Å²) in [5, 5.41) is 15.2. The van der Waals surface area contributed by atoms with Crippen LogP contribution >= 0.6 is 0 Å². The van der Waals surface area contributed by atoms with Gasteiger partial charge in [-0.05, 0) is 28.8 Å². The number of nitrogens with zero attached hydrogens (tertiary/aromatic N) is 2. The minimum Gasteiger partial charge on any atom is -0.378 e. The number of carbonyl (C=O) groups excluding carboxylic acids is 3. The number of rotatable bonds is 3. The zero-order chi connectivity index (χ0) is 19.1. The van der Waals surface area contributed by atoms with Crippen LogP contribution in [0.1, 0.15) is 18.1 Å². The second-order valence-corrected chi connectivity index (χ2v) is 7.21. The zero-order valence-electron chi connectivity index (χ0n) is 15.0. The van der Waals surface area contributed by atoms with Gasteiger partial charge in [-0.2, -0.15) is 0 Å². The fourth-order valence-electron chi connectivity index (χ4n) is 3.89. The van der Waals surface area contributed by atoms with Gasteiger partial charge < -0.3 is 20.2 Å². The summed E-state index contributed by atoms with van der Waals surface area (Å²) in [4.78, 5) is 39.8. The van der Waals surface area contributed by atoms with Crippen molar-refractivity contribution in [1.29, 1.82) is 0 Å². The lowest BCUT2D eigenvalue weighted by atomic mass is 10.0. The minimum atomic E-state index is -1.30. The standard InChI is InChI=1S/C20H21N3O4/c1-22-11-17(24)23-10-15(9-16(23)20(22)27)21-19(26)18(25)14-7-6-12-4-2-3-5-13(12)8-14/h2-8,15-16,18,25H,9-11H2,1H3,(H,21,26). The molecule has 7 nitrogen and oxygen atoms in total. The molecule has 0 radical (unpaired) electrons. The molecule has 2 aliphatic rings. The van der Waals surface area contributed by atoms with Crippen LogP contribution in [0.2, 0.25) is 0 Å². The lowest BCUT2D eigenvalue weighted by Gasteiger charge is -2.33. The fraction of sp³-hybridized carbons (Fsp3) is 0.350. The first-order valence-corrected chi connectivity index (χ1v) is 8.95. The van der Waals surface area contributed by atoms with Crippen LogP contribution in [0.15, 0.2) is 42.5 Å². The molecule has 2 aliphatic heterocycles. The molecule has 0 aliphatic carbocycles. The number of fused-ring (bicyclic) bond motifs is 2. The zero-order valence-corrected chi connectivity index (χ0v) is 15.0. The molecule has 2 saturated heterocycles. The fourth-order valence-corrected chi connectivity index (χ4v) is 3.89. The van der Waals surface area contributed by atoms with E-state index in [1.54, 1.807) is 19.2 Å². The lowest BCUT2D eigenvalue weighted by Crippen LogP contribution is -2.55. The van der Waals surface area contributed by atoms with Crippen LogP contribution in [0.3, 0.4) is 0 Å². The van der Waals surface area contributed by atoms with Gasteiger partial charge in [-0.25, -0.2) is 0 Å². The molecule has 2 heterocycles. The SMILES string of the molecule is CN1CC(=O)N2CC(NC(=O)C(O)c3ccc4ccccc4c3)CC2C1=O. The maximum Gasteiger partial charge on any atom is 0.253 e. The van der Waals surface area contributed by atoms with E-state index in [1.165, 1.54) is 9.80 Å². The third kappa shape index (κ3) is 3.14. The van der Waals surface area contributed by atoms with Crippen molar-refractivity contribution in [3.63, 3.8) is 0 Å². The average molecular weight is 367 g/mol. The van der Waals surface area contributed by atoms with Crippen LogP contribution in [-0.2, 0) is 14.4 Å². The van der Waals surface area contributed by atoms with Gasteiger partial charge in [0.25, 0.3) is 5.91 Å². The largest absolute Gasteiger partial charge is 0.378 e. The van der Waals surface area contributed by atoms with E-state index in [9.17, 15) is 19.5 Å². The highest BCUT2D eigenvalue weighted by Gasteiger charge is 2.45. The summed E-state index contributed by atoms with van der Waals surface area (Å²) in [6.07, 6.45) is -0.938. The number of carbonyl (C=O) groups is 3. The summed E-state index contributed by atoms with van der Waals surface area (Å²) in [7, 11) is 1.60. The van der Waals surface area contributed by atoms with Gasteiger partial charge in [0.1, 0.15) is 6.04 Å². The van der Waals surface area contributed by atoms with Crippen molar-refractivity contribution >= 4 is 28.5 Å². The Kier molecular flexibility index (Phi) is 4.31. The molecule has 0 saturated carbocycles. The van der Waals surface area contributed by atoms with Crippen LogP contribution in [0.4, 0.5) is 0 Å². The Balaban J connectivity index is 1.45. The summed E-state index contributed by atoms with van der Waals surface area (Å²) in [6, 6.07) is 12.2. The van der Waals surface area contributed by atoms with Gasteiger partial charge in [-0.15, -0.1) is 0 Å². The maximum absolute atomic E-state index is 12.5. The van der Waals surface area contributed by atoms with Gasteiger partial charge in [-0.3, -0.25) is 14.4 Å². The molecule has 7 heteroatoms. The van der Waals surface area contributed by atoms with E-state index in [1.807, 2.05) is 30.3 Å². The number of piperazine rings is 1. The monoisotopic (exact) mass is 367 g/mol. The smallest absolute Gasteiger partial charge is 0.253 e. The molecule has 3 atom stereocenters. The Morgan fingerprint density at radius 1 is 1.19 bits per heavy atom. The summed E-state index contributed by atoms with van der Waals surface area (Å²) in [5.41, 5.74) is 0.508.